The number of carbonyl (C=O) groups is 4. The van der Waals surface area contributed by atoms with Crippen LogP contribution in [0.15, 0.2) is 24.3 Å². The van der Waals surface area contributed by atoms with Crippen molar-refractivity contribution in [2.45, 2.75) is 78.2 Å². The van der Waals surface area contributed by atoms with E-state index >= 15 is 0 Å². The average molecular weight is 555 g/mol. The molecule has 0 saturated heterocycles. The van der Waals surface area contributed by atoms with E-state index in [2.05, 4.69) is 0 Å². The molecule has 1 aliphatic rings. The van der Waals surface area contributed by atoms with Crippen LogP contribution in [0.4, 0.5) is 0 Å². The van der Waals surface area contributed by atoms with Crippen molar-refractivity contribution in [3.63, 3.8) is 0 Å². The van der Waals surface area contributed by atoms with Gasteiger partial charge in [0.15, 0.2) is 30.6 Å². The van der Waals surface area contributed by atoms with Gasteiger partial charge in [-0.1, -0.05) is 26.7 Å². The van der Waals surface area contributed by atoms with Gasteiger partial charge in [0.05, 0.1) is 17.5 Å². The lowest BCUT2D eigenvalue weighted by molar-refractivity contribution is -0.123. The molecule has 2 N–H and O–H groups in total. The second-order valence-electron chi connectivity index (χ2n) is 10.4. The van der Waals surface area contributed by atoms with Crippen molar-refractivity contribution >= 4 is 23.1 Å². The molecule has 3 rings (SSSR count). The SMILES string of the molecule is CCCc1c(OCC(=O)COc2ccc3c(c2CCC)OC(C)(CCC(=O)CO)CC3=O)ccc(C(C)=O)c1O. The van der Waals surface area contributed by atoms with Crippen molar-refractivity contribution in [1.29, 1.82) is 0 Å². The summed E-state index contributed by atoms with van der Waals surface area (Å²) in [5.41, 5.74) is 0.900. The summed E-state index contributed by atoms with van der Waals surface area (Å²) in [4.78, 5) is 49.1. The summed E-state index contributed by atoms with van der Waals surface area (Å²) in [5.74, 6) is 0.0127. The number of phenols is 1. The lowest BCUT2D eigenvalue weighted by Gasteiger charge is -2.36. The molecule has 9 nitrogen and oxygen atoms in total. The standard InChI is InChI=1S/C31H38O9/c1-5-7-24-27(11-9-22(19(3)33)29(24)37)38-17-21(35)18-39-28-12-10-23-26(36)15-31(4,14-13-20(34)16-32)40-30(23)25(28)8-6-2/h9-12,32,37H,5-8,13-18H2,1-4H3. The van der Waals surface area contributed by atoms with Gasteiger partial charge >= 0.3 is 0 Å². The molecular formula is C31H38O9. The van der Waals surface area contributed by atoms with Crippen LogP contribution in [0.1, 0.15) is 91.6 Å². The number of carbonyl (C=O) groups excluding carboxylic acids is 4. The van der Waals surface area contributed by atoms with Gasteiger partial charge in [-0.25, -0.2) is 0 Å². The predicted octanol–water partition coefficient (Wildman–Crippen LogP) is 4.59. The van der Waals surface area contributed by atoms with Crippen molar-refractivity contribution in [2.24, 2.45) is 0 Å². The molecule has 1 unspecified atom stereocenters. The van der Waals surface area contributed by atoms with Crippen LogP contribution >= 0.6 is 0 Å². The molecule has 0 amide bonds. The monoisotopic (exact) mass is 554 g/mol. The number of Topliss-reactive ketones (excluding diaryl/α,β-unsaturated/α-hetero) is 4. The third-order valence-electron chi connectivity index (χ3n) is 6.91. The highest BCUT2D eigenvalue weighted by Gasteiger charge is 2.38. The highest BCUT2D eigenvalue weighted by Crippen LogP contribution is 2.42. The maximum absolute atomic E-state index is 13.0. The summed E-state index contributed by atoms with van der Waals surface area (Å²) in [6, 6.07) is 6.35. The van der Waals surface area contributed by atoms with E-state index < -0.39 is 12.2 Å². The van der Waals surface area contributed by atoms with Crippen molar-refractivity contribution < 1.29 is 43.6 Å². The van der Waals surface area contributed by atoms with Gasteiger partial charge < -0.3 is 24.4 Å². The maximum atomic E-state index is 13.0. The minimum absolute atomic E-state index is 0.0959. The lowest BCUT2D eigenvalue weighted by atomic mass is 9.86. The van der Waals surface area contributed by atoms with Crippen molar-refractivity contribution in [2.75, 3.05) is 19.8 Å². The number of aromatic hydroxyl groups is 1. The minimum atomic E-state index is -0.903. The summed E-state index contributed by atoms with van der Waals surface area (Å²) in [6.07, 6.45) is 2.97. The molecule has 0 saturated carbocycles. The first kappa shape index (κ1) is 30.8. The molecule has 9 heteroatoms. The lowest BCUT2D eigenvalue weighted by Crippen LogP contribution is -2.40. The maximum Gasteiger partial charge on any atom is 0.207 e. The van der Waals surface area contributed by atoms with Gasteiger partial charge in [0.2, 0.25) is 5.78 Å². The van der Waals surface area contributed by atoms with E-state index in [1.807, 2.05) is 13.8 Å². The molecule has 2 aromatic carbocycles. The summed E-state index contributed by atoms with van der Waals surface area (Å²) in [7, 11) is 0. The van der Waals surface area contributed by atoms with Crippen LogP contribution in [0.5, 0.6) is 23.0 Å². The van der Waals surface area contributed by atoms with Gasteiger partial charge in [-0.3, -0.25) is 19.2 Å². The van der Waals surface area contributed by atoms with E-state index in [0.29, 0.717) is 53.2 Å². The van der Waals surface area contributed by atoms with E-state index in [4.69, 9.17) is 19.3 Å². The van der Waals surface area contributed by atoms with Gasteiger partial charge in [0.25, 0.3) is 0 Å². The molecule has 0 spiro atoms. The number of fused-ring (bicyclic) bond motifs is 1. The largest absolute Gasteiger partial charge is 0.507 e. The topological polar surface area (TPSA) is 136 Å². The molecule has 0 radical (unpaired) electrons. The Balaban J connectivity index is 1.74. The number of ketones is 4. The van der Waals surface area contributed by atoms with Crippen LogP contribution in [-0.4, -0.2) is 58.8 Å². The third-order valence-corrected chi connectivity index (χ3v) is 6.91. The highest BCUT2D eigenvalue weighted by molar-refractivity contribution is 6.01. The van der Waals surface area contributed by atoms with Gasteiger partial charge in [-0.05, 0) is 57.4 Å². The zero-order valence-corrected chi connectivity index (χ0v) is 23.6. The van der Waals surface area contributed by atoms with E-state index in [1.165, 1.54) is 13.0 Å². The average Bonchev–Trinajstić information content (AvgIpc) is 2.91. The fourth-order valence-electron chi connectivity index (χ4n) is 4.79. The van der Waals surface area contributed by atoms with Crippen molar-refractivity contribution in [3.05, 3.63) is 46.5 Å². The van der Waals surface area contributed by atoms with Gasteiger partial charge in [-0.15, -0.1) is 0 Å². The van der Waals surface area contributed by atoms with Crippen LogP contribution in [0, 0.1) is 0 Å². The zero-order valence-electron chi connectivity index (χ0n) is 23.6. The van der Waals surface area contributed by atoms with Crippen molar-refractivity contribution in [1.82, 2.24) is 0 Å². The normalized spacial score (nSPS) is 16.2. The zero-order chi connectivity index (χ0) is 29.4. The van der Waals surface area contributed by atoms with E-state index in [1.54, 1.807) is 25.1 Å². The van der Waals surface area contributed by atoms with Crippen molar-refractivity contribution in [3.8, 4) is 23.0 Å². The second kappa shape index (κ2) is 13.6. The fourth-order valence-corrected chi connectivity index (χ4v) is 4.79. The Kier molecular flexibility index (Phi) is 10.5. The molecule has 0 aliphatic carbocycles. The molecule has 2 aromatic rings. The number of benzene rings is 2. The molecule has 0 aromatic heterocycles. The summed E-state index contributed by atoms with van der Waals surface area (Å²) >= 11 is 0. The van der Waals surface area contributed by atoms with Gasteiger partial charge in [0, 0.05) is 17.5 Å². The quantitative estimate of drug-likeness (QED) is 0.303. The fraction of sp³-hybridized carbons (Fsp3) is 0.484. The number of hydrogen-bond donors (Lipinski definition) is 2. The van der Waals surface area contributed by atoms with E-state index in [0.717, 1.165) is 6.42 Å². The molecular weight excluding hydrogens is 516 g/mol. The summed E-state index contributed by atoms with van der Waals surface area (Å²) in [6.45, 7) is 5.93. The van der Waals surface area contributed by atoms with Crippen LogP contribution in [0.25, 0.3) is 0 Å². The number of ether oxygens (including phenoxy) is 3. The first-order valence-electron chi connectivity index (χ1n) is 13.7. The molecule has 1 heterocycles. The number of hydrogen-bond acceptors (Lipinski definition) is 9. The Morgan fingerprint density at radius 2 is 1.55 bits per heavy atom. The second-order valence-corrected chi connectivity index (χ2v) is 10.4. The summed E-state index contributed by atoms with van der Waals surface area (Å²) in [5, 5.41) is 19.6. The molecule has 1 aliphatic heterocycles. The van der Waals surface area contributed by atoms with Crippen LogP contribution in [-0.2, 0) is 22.4 Å². The molecule has 40 heavy (non-hydrogen) atoms. The minimum Gasteiger partial charge on any atom is -0.507 e. The van der Waals surface area contributed by atoms with Crippen LogP contribution in [0.2, 0.25) is 0 Å². The Labute approximate surface area is 234 Å². The number of aliphatic hydroxyl groups excluding tert-OH is 1. The van der Waals surface area contributed by atoms with Gasteiger partial charge in [-0.2, -0.15) is 0 Å². The van der Waals surface area contributed by atoms with E-state index in [-0.39, 0.29) is 66.9 Å². The highest BCUT2D eigenvalue weighted by atomic mass is 16.5. The third kappa shape index (κ3) is 7.27. The van der Waals surface area contributed by atoms with Crippen LogP contribution in [0.3, 0.4) is 0 Å². The Morgan fingerprint density at radius 1 is 0.950 bits per heavy atom. The Bertz CT molecular complexity index is 1280. The molecule has 216 valence electrons. The number of aliphatic hydroxyl groups is 1. The number of phenolic OH excluding ortho intramolecular Hbond substituents is 1. The smallest absolute Gasteiger partial charge is 0.207 e. The number of rotatable bonds is 15. The first-order valence-corrected chi connectivity index (χ1v) is 13.7. The predicted molar refractivity (Wildman–Crippen MR) is 148 cm³/mol. The molecule has 1 atom stereocenters. The molecule has 0 bridgehead atoms. The summed E-state index contributed by atoms with van der Waals surface area (Å²) < 4.78 is 17.9. The van der Waals surface area contributed by atoms with Crippen LogP contribution < -0.4 is 14.2 Å². The first-order chi connectivity index (χ1) is 19.0. The van der Waals surface area contributed by atoms with Gasteiger partial charge in [0.1, 0.15) is 35.2 Å². The Morgan fingerprint density at radius 3 is 2.15 bits per heavy atom. The molecule has 0 fully saturated rings. The van der Waals surface area contributed by atoms with E-state index in [9.17, 15) is 24.3 Å². The Hall–Kier alpha value is -3.72.